The fraction of sp³-hybridized carbons (Fsp3) is 0.354. The number of unbranched alkanes of at least 4 members (excludes halogenated alkanes) is 5. The van der Waals surface area contributed by atoms with Gasteiger partial charge in [-0.15, -0.1) is 0 Å². The van der Waals surface area contributed by atoms with Crippen molar-refractivity contribution in [1.82, 2.24) is 5.32 Å². The van der Waals surface area contributed by atoms with Crippen molar-refractivity contribution in [1.29, 1.82) is 0 Å². The standard InChI is InChI=1S/C36H34N.C12H25N2O.Ni/c1-35(2,31-22-16-19-27-17-11-13-20-29(27)31)26-15-9-7-6-8-10-23-33-36(3,4)34-30-21-14-12-18-28(30)24-25-32(34)37(33)5;1-2-3-6-9-12(15)14-11-8-5-4-7-10-13;/h6-21,23-25H,1-5H3;1-11,13H2,(H,14,15);/q2*-1;/b7-6+,10-8+,15-9+,33-23+;;. The van der Waals surface area contributed by atoms with Gasteiger partial charge in [0.2, 0.25) is 5.91 Å². The quantitative estimate of drug-likeness (QED) is 0.0519. The molecule has 1 aliphatic rings. The van der Waals surface area contributed by atoms with Crippen molar-refractivity contribution in [2.75, 3.05) is 25.0 Å². The number of rotatable bonds is 16. The van der Waals surface area contributed by atoms with Gasteiger partial charge in [0.15, 0.2) is 0 Å². The number of benzene rings is 4. The average Bonchev–Trinajstić information content (AvgIpc) is 3.36. The zero-order chi connectivity index (χ0) is 38.3. The molecule has 4 aromatic rings. The molecule has 0 aliphatic carbocycles. The van der Waals surface area contributed by atoms with Crippen LogP contribution in [0.4, 0.5) is 5.69 Å². The molecule has 0 bridgehead atoms. The molecular formula is C48H59N3NiO-2. The summed E-state index contributed by atoms with van der Waals surface area (Å²) in [5, 5.41) is 7.99. The van der Waals surface area contributed by atoms with Crippen molar-refractivity contribution in [2.45, 2.75) is 89.9 Å². The summed E-state index contributed by atoms with van der Waals surface area (Å²) >= 11 is 5.48. The minimum atomic E-state index is -0.275. The molecule has 0 aromatic heterocycles. The molecular weight excluding hydrogens is 693 g/mol. The van der Waals surface area contributed by atoms with Crippen molar-refractivity contribution in [3.05, 3.63) is 145 Å². The molecule has 0 fully saturated rings. The van der Waals surface area contributed by atoms with Gasteiger partial charge in [0, 0.05) is 13.0 Å². The van der Waals surface area contributed by atoms with Crippen molar-refractivity contribution < 1.29 is 19.8 Å². The molecule has 3 N–H and O–H groups in total. The van der Waals surface area contributed by atoms with Gasteiger partial charge in [-0.25, -0.2) is 0 Å². The molecule has 0 atom stereocenters. The molecule has 4 nitrogen and oxygen atoms in total. The number of nitrogens with two attached hydrogens (primary N) is 1. The third kappa shape index (κ3) is 11.0. The predicted molar refractivity (Wildman–Crippen MR) is 226 cm³/mol. The third-order valence-corrected chi connectivity index (χ3v) is 10.9. The van der Waals surface area contributed by atoms with Crippen LogP contribution in [0.2, 0.25) is 0 Å². The number of carbonyl (C=O) groups excluding carboxylic acids is 1. The van der Waals surface area contributed by atoms with Gasteiger partial charge >= 0.3 is 200 Å². The molecule has 5 rings (SSSR count). The Hall–Kier alpha value is -4.05. The SMILES string of the molecule is CN1/C(=C/C=C/C=C/C=C/[C](=[Ni])C(C)(C)c2[c-]ccc3ccccc23)C(C)(C)c2c1ccc1ccccc21.[CH2-]CCCCC(=O)NCCCCCCN. The Morgan fingerprint density at radius 1 is 0.868 bits per heavy atom. The molecule has 5 heteroatoms. The molecule has 1 amide bonds. The number of carbonyl (C=O) groups is 1. The number of nitrogens with zero attached hydrogens (tertiary/aromatic N) is 1. The first kappa shape index (κ1) is 41.7. The number of amides is 1. The Kier molecular flexibility index (Phi) is 16.1. The summed E-state index contributed by atoms with van der Waals surface area (Å²) in [7, 11) is 2.16. The Morgan fingerprint density at radius 2 is 1.53 bits per heavy atom. The van der Waals surface area contributed by atoms with Crippen LogP contribution in [0.3, 0.4) is 0 Å². The molecule has 0 spiro atoms. The van der Waals surface area contributed by atoms with Gasteiger partial charge in [-0.05, 0) is 31.2 Å². The first-order valence-electron chi connectivity index (χ1n) is 19.2. The zero-order valence-electron chi connectivity index (χ0n) is 32.5. The summed E-state index contributed by atoms with van der Waals surface area (Å²) in [6.45, 7) is 14.3. The summed E-state index contributed by atoms with van der Waals surface area (Å²) in [5.74, 6) is 0.183. The second kappa shape index (κ2) is 20.4. The number of fused-ring (bicyclic) bond motifs is 4. The molecule has 0 radical (unpaired) electrons. The molecule has 0 unspecified atom stereocenters. The molecule has 1 heterocycles. The van der Waals surface area contributed by atoms with Crippen LogP contribution in [-0.2, 0) is 30.7 Å². The van der Waals surface area contributed by atoms with Crippen molar-refractivity contribution >= 4 is 37.6 Å². The topological polar surface area (TPSA) is 58.4 Å². The Balaban J connectivity index is 0.000000355. The fourth-order valence-corrected chi connectivity index (χ4v) is 7.29. The van der Waals surface area contributed by atoms with Crippen LogP contribution in [0.1, 0.15) is 90.2 Å². The van der Waals surface area contributed by atoms with Crippen molar-refractivity contribution in [3.8, 4) is 0 Å². The average molecular weight is 753 g/mol. The van der Waals surface area contributed by atoms with Gasteiger partial charge in [-0.3, -0.25) is 4.79 Å². The number of likely N-dealkylation sites (N-methyl/N-ethyl adjacent to an activating group) is 1. The molecule has 284 valence electrons. The van der Waals surface area contributed by atoms with Gasteiger partial charge in [0.1, 0.15) is 0 Å². The first-order chi connectivity index (χ1) is 25.5. The van der Waals surface area contributed by atoms with Crippen LogP contribution in [0.25, 0.3) is 21.5 Å². The van der Waals surface area contributed by atoms with E-state index in [0.29, 0.717) is 6.42 Å². The van der Waals surface area contributed by atoms with Crippen LogP contribution < -0.4 is 16.0 Å². The summed E-state index contributed by atoms with van der Waals surface area (Å²) < 4.78 is 0.931. The summed E-state index contributed by atoms with van der Waals surface area (Å²) in [6, 6.07) is 29.1. The van der Waals surface area contributed by atoms with E-state index in [1.165, 1.54) is 44.9 Å². The van der Waals surface area contributed by atoms with E-state index < -0.39 is 0 Å². The smallest absolute Gasteiger partial charge is 0.356 e. The summed E-state index contributed by atoms with van der Waals surface area (Å²) in [5.41, 5.74) is 10.2. The second-order valence-electron chi connectivity index (χ2n) is 14.8. The van der Waals surface area contributed by atoms with E-state index in [1.807, 2.05) is 24.3 Å². The van der Waals surface area contributed by atoms with Crippen LogP contribution in [0.15, 0.2) is 121 Å². The Bertz CT molecular complexity index is 1940. The second-order valence-corrected chi connectivity index (χ2v) is 15.3. The van der Waals surface area contributed by atoms with E-state index >= 15 is 0 Å². The number of allylic oxidation sites excluding steroid dienone is 8. The first-order valence-corrected chi connectivity index (χ1v) is 19.7. The number of hydrogen-bond acceptors (Lipinski definition) is 3. The van der Waals surface area contributed by atoms with Gasteiger partial charge < -0.3 is 18.0 Å². The van der Waals surface area contributed by atoms with Gasteiger partial charge in [0.05, 0.1) is 0 Å². The molecule has 4 aromatic carbocycles. The van der Waals surface area contributed by atoms with E-state index in [1.54, 1.807) is 0 Å². The number of hydrogen-bond donors (Lipinski definition) is 2. The molecule has 0 saturated carbocycles. The minimum absolute atomic E-state index is 0.0727. The molecule has 0 saturated heterocycles. The van der Waals surface area contributed by atoms with E-state index in [2.05, 4.69) is 149 Å². The van der Waals surface area contributed by atoms with Gasteiger partial charge in [-0.2, -0.15) is 6.42 Å². The predicted octanol–water partition coefficient (Wildman–Crippen LogP) is 10.8. The number of anilines is 1. The van der Waals surface area contributed by atoms with Crippen LogP contribution in [0.5, 0.6) is 0 Å². The van der Waals surface area contributed by atoms with Crippen molar-refractivity contribution in [2.24, 2.45) is 5.73 Å². The normalized spacial score (nSPS) is 14.8. The zero-order valence-corrected chi connectivity index (χ0v) is 33.5. The number of nitrogens with one attached hydrogen (secondary N) is 1. The minimum Gasteiger partial charge on any atom is -0.356 e. The Morgan fingerprint density at radius 3 is 2.26 bits per heavy atom. The van der Waals surface area contributed by atoms with E-state index in [-0.39, 0.29) is 16.7 Å². The molecule has 53 heavy (non-hydrogen) atoms. The fourth-order valence-electron chi connectivity index (χ4n) is 7.07. The van der Waals surface area contributed by atoms with E-state index in [4.69, 9.17) is 20.8 Å². The van der Waals surface area contributed by atoms with Gasteiger partial charge in [0.25, 0.3) is 0 Å². The Labute approximate surface area is 327 Å². The maximum atomic E-state index is 11.3. The van der Waals surface area contributed by atoms with Crippen molar-refractivity contribution in [3.63, 3.8) is 0 Å². The third-order valence-electron chi connectivity index (χ3n) is 10.1. The van der Waals surface area contributed by atoms with Crippen LogP contribution in [-0.4, -0.2) is 30.5 Å². The molecule has 1 aliphatic heterocycles. The maximum absolute atomic E-state index is 11.3. The van der Waals surface area contributed by atoms with Crippen LogP contribution >= 0.6 is 0 Å². The monoisotopic (exact) mass is 751 g/mol. The summed E-state index contributed by atoms with van der Waals surface area (Å²) in [6.07, 6.45) is 22.7. The van der Waals surface area contributed by atoms with Crippen LogP contribution in [0, 0.1) is 13.0 Å². The van der Waals surface area contributed by atoms with Gasteiger partial charge in [-0.1, -0.05) is 49.6 Å². The van der Waals surface area contributed by atoms with E-state index in [0.717, 1.165) is 61.7 Å². The summed E-state index contributed by atoms with van der Waals surface area (Å²) in [4.78, 5) is 13.6. The van der Waals surface area contributed by atoms with E-state index in [9.17, 15) is 4.79 Å².